The van der Waals surface area contributed by atoms with E-state index in [1.54, 1.807) is 49.1 Å². The lowest BCUT2D eigenvalue weighted by molar-refractivity contribution is 0.101. The summed E-state index contributed by atoms with van der Waals surface area (Å²) in [6, 6.07) is 7.03. The van der Waals surface area contributed by atoms with E-state index in [9.17, 15) is 4.79 Å². The Labute approximate surface area is 149 Å². The number of nitrogens with zero attached hydrogens (tertiary/aromatic N) is 3. The molecule has 7 nitrogen and oxygen atoms in total. The van der Waals surface area contributed by atoms with Crippen molar-refractivity contribution in [2.24, 2.45) is 7.05 Å². The number of anilines is 1. The molecule has 1 amide bonds. The number of carbonyl (C=O) groups is 1. The monoisotopic (exact) mass is 360 g/mol. The maximum absolute atomic E-state index is 12.5. The van der Waals surface area contributed by atoms with Crippen molar-refractivity contribution in [2.45, 2.75) is 20.5 Å². The van der Waals surface area contributed by atoms with Gasteiger partial charge in [-0.3, -0.25) is 9.48 Å². The number of ether oxygens (including phenoxy) is 1. The molecule has 0 unspecified atom stereocenters. The van der Waals surface area contributed by atoms with Gasteiger partial charge in [0.15, 0.2) is 5.69 Å². The smallest absolute Gasteiger partial charge is 0.278 e. The van der Waals surface area contributed by atoms with Crippen molar-refractivity contribution >= 4 is 23.2 Å². The average Bonchev–Trinajstić information content (AvgIpc) is 3.10. The van der Waals surface area contributed by atoms with Gasteiger partial charge in [-0.1, -0.05) is 22.8 Å². The molecule has 2 heterocycles. The number of hydrogen-bond donors (Lipinski definition) is 1. The fourth-order valence-corrected chi connectivity index (χ4v) is 2.44. The third kappa shape index (κ3) is 3.66. The molecule has 25 heavy (non-hydrogen) atoms. The van der Waals surface area contributed by atoms with Gasteiger partial charge in [0.1, 0.15) is 18.1 Å². The zero-order chi connectivity index (χ0) is 18.0. The van der Waals surface area contributed by atoms with Gasteiger partial charge in [-0.25, -0.2) is 0 Å². The molecule has 3 rings (SSSR count). The molecule has 0 radical (unpaired) electrons. The number of benzene rings is 1. The van der Waals surface area contributed by atoms with Gasteiger partial charge in [-0.15, -0.1) is 0 Å². The van der Waals surface area contributed by atoms with Gasteiger partial charge < -0.3 is 14.6 Å². The molecule has 0 spiro atoms. The van der Waals surface area contributed by atoms with E-state index in [0.717, 1.165) is 5.69 Å². The lowest BCUT2D eigenvalue weighted by Crippen LogP contribution is -2.16. The van der Waals surface area contributed by atoms with Gasteiger partial charge in [0.2, 0.25) is 0 Å². The Balaban J connectivity index is 1.76. The molecule has 0 aliphatic heterocycles. The number of nitrogens with one attached hydrogen (secondary N) is 1. The van der Waals surface area contributed by atoms with Gasteiger partial charge in [0, 0.05) is 12.1 Å². The number of halogens is 1. The highest BCUT2D eigenvalue weighted by Crippen LogP contribution is 2.22. The zero-order valence-electron chi connectivity index (χ0n) is 14.0. The van der Waals surface area contributed by atoms with Crippen molar-refractivity contribution < 1.29 is 14.1 Å². The second-order valence-electron chi connectivity index (χ2n) is 5.53. The van der Waals surface area contributed by atoms with E-state index < -0.39 is 0 Å². The summed E-state index contributed by atoms with van der Waals surface area (Å²) in [6.07, 6.45) is 1.59. The van der Waals surface area contributed by atoms with Crippen LogP contribution in [0.5, 0.6) is 5.75 Å². The molecule has 3 aromatic rings. The second-order valence-corrected chi connectivity index (χ2v) is 5.97. The van der Waals surface area contributed by atoms with Gasteiger partial charge in [-0.05, 0) is 32.0 Å². The topological polar surface area (TPSA) is 82.2 Å². The number of aromatic nitrogens is 3. The van der Waals surface area contributed by atoms with Gasteiger partial charge >= 0.3 is 0 Å². The lowest BCUT2D eigenvalue weighted by Gasteiger charge is -2.07. The predicted octanol–water partition coefficient (Wildman–Crippen LogP) is 3.51. The Morgan fingerprint density at radius 2 is 2.20 bits per heavy atom. The number of hydrogen-bond acceptors (Lipinski definition) is 5. The summed E-state index contributed by atoms with van der Waals surface area (Å²) in [4.78, 5) is 12.5. The molecule has 0 aliphatic carbocycles. The highest BCUT2D eigenvalue weighted by atomic mass is 35.5. The minimum Gasteiger partial charge on any atom is -0.489 e. The highest BCUT2D eigenvalue weighted by molar-refractivity contribution is 6.30. The van der Waals surface area contributed by atoms with E-state index in [1.807, 2.05) is 6.92 Å². The zero-order valence-corrected chi connectivity index (χ0v) is 14.8. The summed E-state index contributed by atoms with van der Waals surface area (Å²) in [5.74, 6) is 0.746. The summed E-state index contributed by atoms with van der Waals surface area (Å²) in [5.41, 5.74) is 2.22. The van der Waals surface area contributed by atoms with E-state index in [1.165, 1.54) is 0 Å². The second kappa shape index (κ2) is 6.98. The summed E-state index contributed by atoms with van der Waals surface area (Å²) in [5, 5.41) is 11.3. The van der Waals surface area contributed by atoms with Crippen LogP contribution in [-0.4, -0.2) is 20.8 Å². The Hall–Kier alpha value is -2.80. The first kappa shape index (κ1) is 17.0. The van der Waals surface area contributed by atoms with Gasteiger partial charge in [0.05, 0.1) is 23.1 Å². The molecule has 8 heteroatoms. The van der Waals surface area contributed by atoms with Crippen LogP contribution in [0.25, 0.3) is 0 Å². The Kier molecular flexibility index (Phi) is 4.76. The van der Waals surface area contributed by atoms with Crippen molar-refractivity contribution in [3.8, 4) is 5.75 Å². The third-order valence-electron chi connectivity index (χ3n) is 3.86. The van der Waals surface area contributed by atoms with Crippen molar-refractivity contribution in [1.82, 2.24) is 14.9 Å². The number of amides is 1. The van der Waals surface area contributed by atoms with E-state index in [2.05, 4.69) is 15.6 Å². The minimum absolute atomic E-state index is 0.143. The van der Waals surface area contributed by atoms with Crippen molar-refractivity contribution in [3.63, 3.8) is 0 Å². The van der Waals surface area contributed by atoms with Crippen LogP contribution >= 0.6 is 11.6 Å². The number of carbonyl (C=O) groups excluding carboxylic acids is 1. The van der Waals surface area contributed by atoms with Crippen LogP contribution in [0.3, 0.4) is 0 Å². The van der Waals surface area contributed by atoms with E-state index in [0.29, 0.717) is 27.8 Å². The van der Waals surface area contributed by atoms with Crippen LogP contribution in [0.4, 0.5) is 5.69 Å². The highest BCUT2D eigenvalue weighted by Gasteiger charge is 2.21. The Morgan fingerprint density at radius 1 is 1.40 bits per heavy atom. The number of aryl methyl sites for hydroxylation is 2. The molecule has 2 aromatic heterocycles. The molecular formula is C17H17ClN4O3. The fourth-order valence-electron chi connectivity index (χ4n) is 2.25. The van der Waals surface area contributed by atoms with Gasteiger partial charge in [0.25, 0.3) is 5.91 Å². The van der Waals surface area contributed by atoms with Crippen molar-refractivity contribution in [2.75, 3.05) is 5.32 Å². The molecule has 0 aliphatic rings. The van der Waals surface area contributed by atoms with Crippen LogP contribution in [-0.2, 0) is 13.7 Å². The molecular weight excluding hydrogens is 344 g/mol. The largest absolute Gasteiger partial charge is 0.489 e. The summed E-state index contributed by atoms with van der Waals surface area (Å²) in [7, 11) is 1.80. The summed E-state index contributed by atoms with van der Waals surface area (Å²) >= 11 is 5.94. The third-order valence-corrected chi connectivity index (χ3v) is 4.10. The molecule has 0 atom stereocenters. The first-order valence-corrected chi connectivity index (χ1v) is 7.97. The van der Waals surface area contributed by atoms with Crippen LogP contribution in [0.15, 0.2) is 35.0 Å². The predicted molar refractivity (Wildman–Crippen MR) is 92.9 cm³/mol. The molecule has 0 saturated heterocycles. The summed E-state index contributed by atoms with van der Waals surface area (Å²) in [6.45, 7) is 3.74. The normalized spacial score (nSPS) is 10.7. The van der Waals surface area contributed by atoms with Crippen molar-refractivity contribution in [1.29, 1.82) is 0 Å². The first-order chi connectivity index (χ1) is 12.0. The van der Waals surface area contributed by atoms with Crippen LogP contribution < -0.4 is 10.1 Å². The van der Waals surface area contributed by atoms with Gasteiger partial charge in [-0.2, -0.15) is 5.10 Å². The van der Waals surface area contributed by atoms with Crippen molar-refractivity contribution in [3.05, 3.63) is 58.2 Å². The molecule has 0 saturated carbocycles. The molecule has 130 valence electrons. The molecule has 0 bridgehead atoms. The van der Waals surface area contributed by atoms with E-state index in [-0.39, 0.29) is 18.2 Å². The quantitative estimate of drug-likeness (QED) is 0.752. The number of rotatable bonds is 5. The minimum atomic E-state index is -0.377. The molecule has 0 fully saturated rings. The SMILES string of the molecule is Cc1onc(C(=O)Nc2cnn(C)c2C)c1COc1cccc(Cl)c1. The first-order valence-electron chi connectivity index (χ1n) is 7.59. The molecule has 1 aromatic carbocycles. The van der Waals surface area contributed by atoms with E-state index >= 15 is 0 Å². The standard InChI is InChI=1S/C17H17ClN4O3/c1-10-15(8-19-22(10)3)20-17(23)16-14(11(2)25-21-16)9-24-13-6-4-5-12(18)7-13/h4-8H,9H2,1-3H3,(H,20,23). The van der Waals surface area contributed by atoms with Crippen LogP contribution in [0.2, 0.25) is 5.02 Å². The summed E-state index contributed by atoms with van der Waals surface area (Å²) < 4.78 is 12.5. The maximum atomic E-state index is 12.5. The lowest BCUT2D eigenvalue weighted by atomic mass is 10.2. The average molecular weight is 361 g/mol. The van der Waals surface area contributed by atoms with Crippen LogP contribution in [0.1, 0.15) is 27.5 Å². The Bertz CT molecular complexity index is 917. The Morgan fingerprint density at radius 3 is 2.88 bits per heavy atom. The molecule has 1 N–H and O–H groups in total. The van der Waals surface area contributed by atoms with Crippen LogP contribution in [0, 0.1) is 13.8 Å². The van der Waals surface area contributed by atoms with E-state index in [4.69, 9.17) is 20.9 Å². The fraction of sp³-hybridized carbons (Fsp3) is 0.235. The maximum Gasteiger partial charge on any atom is 0.278 e.